The van der Waals surface area contributed by atoms with Crippen LogP contribution < -0.4 is 14.2 Å². The van der Waals surface area contributed by atoms with E-state index in [4.69, 9.17) is 18.9 Å². The second kappa shape index (κ2) is 11.5. The van der Waals surface area contributed by atoms with Crippen molar-refractivity contribution in [3.8, 4) is 17.2 Å². The average molecular weight is 460 g/mol. The van der Waals surface area contributed by atoms with Crippen LogP contribution >= 0.6 is 0 Å². The number of aryl methyl sites for hydroxylation is 2. The Balaban J connectivity index is 1.57. The molecule has 3 aromatic rings. The molecule has 0 aliphatic carbocycles. The van der Waals surface area contributed by atoms with Gasteiger partial charge in [0, 0.05) is 6.08 Å². The third-order valence-electron chi connectivity index (χ3n) is 4.84. The Hall–Kier alpha value is -4.39. The summed E-state index contributed by atoms with van der Waals surface area (Å²) in [5, 5.41) is 0. The van der Waals surface area contributed by atoms with Crippen molar-refractivity contribution in [3.63, 3.8) is 0 Å². The minimum atomic E-state index is -0.595. The first-order chi connectivity index (χ1) is 16.4. The molecule has 0 aliphatic heterocycles. The summed E-state index contributed by atoms with van der Waals surface area (Å²) in [6.07, 6.45) is 1.94. The maximum Gasteiger partial charge on any atom is 0.343 e. The predicted molar refractivity (Wildman–Crippen MR) is 125 cm³/mol. The molecular formula is C27H24O7. The number of hydrogen-bond donors (Lipinski definition) is 0. The third-order valence-corrected chi connectivity index (χ3v) is 4.84. The summed E-state index contributed by atoms with van der Waals surface area (Å²) in [4.78, 5) is 35.9. The maximum atomic E-state index is 12.5. The van der Waals surface area contributed by atoms with Crippen LogP contribution in [0.4, 0.5) is 0 Å². The molecule has 0 aromatic heterocycles. The molecule has 0 radical (unpaired) electrons. The van der Waals surface area contributed by atoms with Gasteiger partial charge in [0.1, 0.15) is 17.2 Å². The lowest BCUT2D eigenvalue weighted by Crippen LogP contribution is -2.11. The highest BCUT2D eigenvalue weighted by atomic mass is 16.7. The Morgan fingerprint density at radius 1 is 0.824 bits per heavy atom. The van der Waals surface area contributed by atoms with Crippen molar-refractivity contribution in [1.82, 2.24) is 0 Å². The highest BCUT2D eigenvalue weighted by molar-refractivity contribution is 5.93. The van der Waals surface area contributed by atoms with Crippen molar-refractivity contribution in [1.29, 1.82) is 0 Å². The van der Waals surface area contributed by atoms with Gasteiger partial charge in [-0.3, -0.25) is 0 Å². The van der Waals surface area contributed by atoms with E-state index in [1.165, 1.54) is 30.3 Å². The molecule has 0 saturated carbocycles. The Morgan fingerprint density at radius 3 is 1.94 bits per heavy atom. The topological polar surface area (TPSA) is 88.1 Å². The van der Waals surface area contributed by atoms with E-state index in [-0.39, 0.29) is 12.5 Å². The fraction of sp³-hybridized carbons (Fsp3) is 0.148. The number of ether oxygens (including phenoxy) is 4. The summed E-state index contributed by atoms with van der Waals surface area (Å²) in [5.41, 5.74) is 2.45. The molecule has 34 heavy (non-hydrogen) atoms. The molecule has 7 heteroatoms. The zero-order valence-electron chi connectivity index (χ0n) is 18.9. The van der Waals surface area contributed by atoms with E-state index in [0.29, 0.717) is 28.2 Å². The largest absolute Gasteiger partial charge is 0.457 e. The lowest BCUT2D eigenvalue weighted by atomic mass is 10.1. The zero-order chi connectivity index (χ0) is 24.5. The van der Waals surface area contributed by atoms with Crippen molar-refractivity contribution in [2.75, 3.05) is 6.79 Å². The molecule has 0 unspecified atom stereocenters. The minimum absolute atomic E-state index is 0.270. The van der Waals surface area contributed by atoms with Crippen LogP contribution in [0.5, 0.6) is 17.2 Å². The highest BCUT2D eigenvalue weighted by Crippen LogP contribution is 2.22. The first-order valence-corrected chi connectivity index (χ1v) is 10.6. The Bertz CT molecular complexity index is 1180. The predicted octanol–water partition coefficient (Wildman–Crippen LogP) is 5.06. The van der Waals surface area contributed by atoms with Gasteiger partial charge >= 0.3 is 17.9 Å². The number of hydrogen-bond acceptors (Lipinski definition) is 7. The van der Waals surface area contributed by atoms with Crippen LogP contribution in [0, 0.1) is 6.92 Å². The molecule has 0 heterocycles. The summed E-state index contributed by atoms with van der Waals surface area (Å²) in [5.74, 6) is -0.475. The fourth-order valence-electron chi connectivity index (χ4n) is 2.93. The van der Waals surface area contributed by atoms with E-state index in [0.717, 1.165) is 18.1 Å². The molecule has 0 spiro atoms. The maximum absolute atomic E-state index is 12.5. The minimum Gasteiger partial charge on any atom is -0.457 e. The van der Waals surface area contributed by atoms with Crippen molar-refractivity contribution in [2.24, 2.45) is 0 Å². The van der Waals surface area contributed by atoms with Crippen LogP contribution in [0.3, 0.4) is 0 Å². The van der Waals surface area contributed by atoms with Gasteiger partial charge in [0.15, 0.2) is 0 Å². The number of carbonyl (C=O) groups excluding carboxylic acids is 3. The van der Waals surface area contributed by atoms with Gasteiger partial charge in [-0.25, -0.2) is 14.4 Å². The molecule has 0 atom stereocenters. The second-order valence-corrected chi connectivity index (χ2v) is 7.21. The van der Waals surface area contributed by atoms with Gasteiger partial charge in [-0.15, -0.1) is 0 Å². The molecule has 0 N–H and O–H groups in total. The van der Waals surface area contributed by atoms with Crippen molar-refractivity contribution in [2.45, 2.75) is 20.3 Å². The molecule has 0 bridgehead atoms. The highest BCUT2D eigenvalue weighted by Gasteiger charge is 2.13. The molecular weight excluding hydrogens is 436 g/mol. The average Bonchev–Trinajstić information content (AvgIpc) is 2.85. The van der Waals surface area contributed by atoms with E-state index in [9.17, 15) is 14.4 Å². The summed E-state index contributed by atoms with van der Waals surface area (Å²) in [6.45, 7) is 6.83. The van der Waals surface area contributed by atoms with Gasteiger partial charge in [-0.1, -0.05) is 25.6 Å². The summed E-state index contributed by atoms with van der Waals surface area (Å²) in [7, 11) is 0. The van der Waals surface area contributed by atoms with E-state index in [1.807, 2.05) is 19.1 Å². The van der Waals surface area contributed by atoms with Gasteiger partial charge in [0.2, 0.25) is 6.79 Å². The van der Waals surface area contributed by atoms with E-state index in [2.05, 4.69) is 6.58 Å². The van der Waals surface area contributed by atoms with E-state index in [1.54, 1.807) is 31.2 Å². The monoisotopic (exact) mass is 460 g/mol. The lowest BCUT2D eigenvalue weighted by Gasteiger charge is -2.10. The van der Waals surface area contributed by atoms with Gasteiger partial charge < -0.3 is 18.9 Å². The standard InChI is InChI=1S/C27H24O7/c1-4-19-6-11-22(12-7-19)33-26(29)20-8-13-23(14-9-20)34-27(30)21-10-15-24(18(3)16-21)31-17-32-25(28)5-2/h5-16H,2,4,17H2,1,3H3. The van der Waals surface area contributed by atoms with Crippen LogP contribution in [0.15, 0.2) is 79.4 Å². The van der Waals surface area contributed by atoms with E-state index >= 15 is 0 Å². The van der Waals surface area contributed by atoms with Crippen LogP contribution in [0.1, 0.15) is 38.8 Å². The molecule has 0 amide bonds. The second-order valence-electron chi connectivity index (χ2n) is 7.21. The Morgan fingerprint density at radius 2 is 1.38 bits per heavy atom. The lowest BCUT2D eigenvalue weighted by molar-refractivity contribution is -0.144. The molecule has 3 aromatic carbocycles. The molecule has 0 aliphatic rings. The van der Waals surface area contributed by atoms with Gasteiger partial charge in [-0.05, 0) is 79.1 Å². The van der Waals surface area contributed by atoms with Gasteiger partial charge in [0.25, 0.3) is 0 Å². The first-order valence-electron chi connectivity index (χ1n) is 10.6. The summed E-state index contributed by atoms with van der Waals surface area (Å²) >= 11 is 0. The third kappa shape index (κ3) is 6.56. The van der Waals surface area contributed by atoms with Gasteiger partial charge in [0.05, 0.1) is 11.1 Å². The van der Waals surface area contributed by atoms with Crippen molar-refractivity contribution < 1.29 is 33.3 Å². The quantitative estimate of drug-likeness (QED) is 0.191. The number of rotatable bonds is 9. The van der Waals surface area contributed by atoms with Crippen LogP contribution in [-0.4, -0.2) is 24.7 Å². The Kier molecular flexibility index (Phi) is 8.18. The molecule has 0 saturated heterocycles. The SMILES string of the molecule is C=CC(=O)OCOc1ccc(C(=O)Oc2ccc(C(=O)Oc3ccc(CC)cc3)cc2)cc1C. The van der Waals surface area contributed by atoms with Crippen molar-refractivity contribution >= 4 is 17.9 Å². The van der Waals surface area contributed by atoms with Crippen molar-refractivity contribution in [3.05, 3.63) is 102 Å². The number of carbonyl (C=O) groups is 3. The van der Waals surface area contributed by atoms with Gasteiger partial charge in [-0.2, -0.15) is 0 Å². The molecule has 0 fully saturated rings. The number of esters is 3. The first kappa shape index (κ1) is 24.3. The summed E-state index contributed by atoms with van der Waals surface area (Å²) < 4.78 is 20.9. The zero-order valence-corrected chi connectivity index (χ0v) is 18.9. The normalized spacial score (nSPS) is 10.2. The van der Waals surface area contributed by atoms with Crippen LogP contribution in [0.2, 0.25) is 0 Å². The van der Waals surface area contributed by atoms with E-state index < -0.39 is 17.9 Å². The number of benzene rings is 3. The summed E-state index contributed by atoms with van der Waals surface area (Å²) in [6, 6.07) is 18.1. The molecule has 3 rings (SSSR count). The van der Waals surface area contributed by atoms with Crippen LogP contribution in [0.25, 0.3) is 0 Å². The fourth-order valence-corrected chi connectivity index (χ4v) is 2.93. The molecule has 174 valence electrons. The Labute approximate surface area is 197 Å². The molecule has 7 nitrogen and oxygen atoms in total. The van der Waals surface area contributed by atoms with Crippen LogP contribution in [-0.2, 0) is 16.0 Å². The smallest absolute Gasteiger partial charge is 0.343 e.